The van der Waals surface area contributed by atoms with Crippen LogP contribution in [0.2, 0.25) is 51.4 Å². The van der Waals surface area contributed by atoms with Gasteiger partial charge in [-0.3, -0.25) is 19.0 Å². The van der Waals surface area contributed by atoms with Crippen LogP contribution in [0.25, 0.3) is 66.9 Å². The highest BCUT2D eigenvalue weighted by atomic mass is 28.3. The van der Waals surface area contributed by atoms with Crippen molar-refractivity contribution in [2.75, 3.05) is 33.5 Å². The molecular weight excluding hydrogens is 947 g/mol. The average Bonchev–Trinajstić information content (AvgIpc) is 4.07. The van der Waals surface area contributed by atoms with Gasteiger partial charge in [-0.15, -0.1) is 0 Å². The van der Waals surface area contributed by atoms with E-state index in [0.717, 1.165) is 17.5 Å². The molecule has 0 aliphatic heterocycles. The summed E-state index contributed by atoms with van der Waals surface area (Å²) in [6.07, 6.45) is 6.47. The average molecular weight is 1010 g/mol. The van der Waals surface area contributed by atoms with Gasteiger partial charge in [-0.05, 0) is 62.3 Å². The Labute approximate surface area is 417 Å². The number of amides is 2. The van der Waals surface area contributed by atoms with E-state index < -0.39 is 41.2 Å². The highest BCUT2D eigenvalue weighted by Crippen LogP contribution is 2.31. The van der Waals surface area contributed by atoms with E-state index in [1.807, 2.05) is 0 Å². The number of carbonyl (C=O) groups excluding carboxylic acids is 2. The Balaban J connectivity index is 0.000000217. The number of aromatic nitrogens is 10. The Morgan fingerprint density at radius 1 is 0.718 bits per heavy atom. The molecule has 0 saturated heterocycles. The molecule has 3 N–H and O–H groups in total. The molecule has 22 heteroatoms. The lowest BCUT2D eigenvalue weighted by atomic mass is 10.1. The summed E-state index contributed by atoms with van der Waals surface area (Å²) in [4.78, 5) is 45.0. The highest BCUT2D eigenvalue weighted by Gasteiger charge is 2.24. The number of carbonyl (C=O) groups is 2. The third kappa shape index (κ3) is 12.6. The van der Waals surface area contributed by atoms with Gasteiger partial charge in [0, 0.05) is 85.7 Å². The van der Waals surface area contributed by atoms with Gasteiger partial charge in [0.2, 0.25) is 0 Å². The van der Waals surface area contributed by atoms with E-state index in [2.05, 4.69) is 70.1 Å². The third-order valence-corrected chi connectivity index (χ3v) is 15.0. The number of hydrogen-bond acceptors (Lipinski definition) is 12. The summed E-state index contributed by atoms with van der Waals surface area (Å²) in [7, 11) is -1.62. The Morgan fingerprint density at radius 3 is 1.56 bits per heavy atom. The lowest BCUT2D eigenvalue weighted by molar-refractivity contribution is 0.0877. The predicted molar refractivity (Wildman–Crippen MR) is 275 cm³/mol. The summed E-state index contributed by atoms with van der Waals surface area (Å²) in [6, 6.07) is 9.87. The molecule has 2 amide bonds. The quantitative estimate of drug-likeness (QED) is 0.0526. The van der Waals surface area contributed by atoms with Crippen molar-refractivity contribution in [2.24, 2.45) is 14.1 Å². The number of hydrogen-bond donors (Lipinski definition) is 3. The molecule has 378 valence electrons. The van der Waals surface area contributed by atoms with Gasteiger partial charge < -0.3 is 39.1 Å². The first kappa shape index (κ1) is 48.3. The lowest BCUT2D eigenvalue weighted by Gasteiger charge is -2.15. The smallest absolute Gasteiger partial charge is 0.255 e. The molecule has 0 aliphatic rings. The Kier molecular flexibility index (Phi) is 15.0. The summed E-state index contributed by atoms with van der Waals surface area (Å²) >= 11 is 0. The molecule has 2 aromatic carbocycles. The molecule has 8 aromatic rings. The van der Waals surface area contributed by atoms with E-state index >= 15 is 0 Å². The summed E-state index contributed by atoms with van der Waals surface area (Å²) in [5.41, 5.74) is 5.45. The minimum absolute atomic E-state index is 0.183. The maximum Gasteiger partial charge on any atom is 0.255 e. The van der Waals surface area contributed by atoms with Gasteiger partial charge in [0.25, 0.3) is 11.8 Å². The fraction of sp³-hybridized carbons (Fsp3) is 0.429. The van der Waals surface area contributed by atoms with Gasteiger partial charge in [0.05, 0.1) is 51.9 Å². The minimum atomic E-state index is -2.56. The Hall–Kier alpha value is -6.31. The molecule has 2 atom stereocenters. The molecule has 8 rings (SSSR count). The topological polar surface area (TPSA) is 203 Å². The van der Waals surface area contributed by atoms with Gasteiger partial charge in [-0.2, -0.15) is 10.2 Å². The molecule has 0 radical (unpaired) electrons. The maximum atomic E-state index is 13.8. The van der Waals surface area contributed by atoms with Crippen molar-refractivity contribution >= 4 is 72.1 Å². The third-order valence-electron chi connectivity index (χ3n) is 11.5. The van der Waals surface area contributed by atoms with Crippen molar-refractivity contribution in [2.45, 2.75) is 90.8 Å². The number of ether oxygens (including phenoxy) is 3. The van der Waals surface area contributed by atoms with Gasteiger partial charge in [-0.25, -0.2) is 28.7 Å². The lowest BCUT2D eigenvalue weighted by Crippen LogP contribution is -2.35. The van der Waals surface area contributed by atoms with Crippen LogP contribution >= 0.6 is 0 Å². The van der Waals surface area contributed by atoms with Gasteiger partial charge in [-0.1, -0.05) is 39.3 Å². The van der Waals surface area contributed by atoms with E-state index in [1.165, 1.54) is 24.3 Å². The maximum absolute atomic E-state index is 13.8. The molecule has 0 unspecified atom stereocenters. The first-order valence-corrected chi connectivity index (χ1v) is 30.7. The van der Waals surface area contributed by atoms with Crippen molar-refractivity contribution in [3.8, 4) is 22.8 Å². The molecule has 6 heterocycles. The number of aliphatic hydroxyl groups is 1. The number of nitrogens with one attached hydrogen (secondary N) is 2. The van der Waals surface area contributed by atoms with Crippen LogP contribution in [0.3, 0.4) is 0 Å². The Bertz CT molecular complexity index is 3310. The molecule has 18 nitrogen and oxygen atoms in total. The van der Waals surface area contributed by atoms with Crippen LogP contribution in [0, 0.1) is 11.6 Å². The number of benzene rings is 2. The van der Waals surface area contributed by atoms with E-state index in [4.69, 9.17) is 28.3 Å². The number of aliphatic hydroxyl groups excluding tert-OH is 1. The zero-order chi connectivity index (χ0) is 53.9. The van der Waals surface area contributed by atoms with E-state index in [1.54, 1.807) is 83.4 Å². The fourth-order valence-corrected chi connectivity index (χ4v) is 9.11. The van der Waals surface area contributed by atoms with E-state index in [0.29, 0.717) is 80.3 Å². The van der Waals surface area contributed by atoms with Crippen LogP contribution in [0.4, 0.5) is 8.78 Å². The summed E-state index contributed by atoms with van der Waals surface area (Å²) in [5, 5.41) is 25.4. The fourth-order valence-electron chi connectivity index (χ4n) is 7.60. The number of fused-ring (bicyclic) bond motifs is 4. The second-order valence-corrected chi connectivity index (χ2v) is 31.3. The summed E-state index contributed by atoms with van der Waals surface area (Å²) < 4.78 is 72.5. The van der Waals surface area contributed by atoms with Crippen LogP contribution in [0.1, 0.15) is 38.7 Å². The monoisotopic (exact) mass is 1010 g/mol. The van der Waals surface area contributed by atoms with E-state index in [-0.39, 0.29) is 49.8 Å². The van der Waals surface area contributed by atoms with Crippen molar-refractivity contribution in [1.29, 1.82) is 0 Å². The number of halogens is 2. The summed E-state index contributed by atoms with van der Waals surface area (Å²) in [6.45, 7) is 18.3. The molecule has 6 aromatic heterocycles. The van der Waals surface area contributed by atoms with Crippen LogP contribution < -0.4 is 10.6 Å². The van der Waals surface area contributed by atoms with Crippen molar-refractivity contribution in [3.05, 3.63) is 83.9 Å². The second-order valence-electron chi connectivity index (χ2n) is 20.1. The molecule has 0 spiro atoms. The number of methoxy groups -OCH3 is 1. The zero-order valence-corrected chi connectivity index (χ0v) is 43.8. The van der Waals surface area contributed by atoms with Crippen molar-refractivity contribution in [1.82, 2.24) is 59.3 Å². The summed E-state index contributed by atoms with van der Waals surface area (Å²) in [5.74, 6) is -1.55. The predicted octanol–water partition coefficient (Wildman–Crippen LogP) is 7.75. The number of nitrogens with zero attached hydrogens (tertiary/aromatic N) is 10. The zero-order valence-electron chi connectivity index (χ0n) is 44.8. The second kappa shape index (κ2) is 22.0. The van der Waals surface area contributed by atoms with Gasteiger partial charge in [0.15, 0.2) is 11.3 Å². The molecule has 71 heavy (non-hydrogen) atoms. The van der Waals surface area contributed by atoms with Crippen LogP contribution in [0.5, 0.6) is 0 Å². The molecule has 0 saturated carbocycles. The van der Waals surface area contributed by atoms with Crippen LogP contribution in [-0.2, 0) is 41.8 Å². The van der Waals surface area contributed by atoms with E-state index in [9.17, 15) is 23.5 Å². The Morgan fingerprint density at radius 2 is 1.15 bits per heavy atom. The first-order chi connectivity index (χ1) is 34.8. The van der Waals surface area contributed by atoms with Crippen LogP contribution in [0.15, 0.2) is 61.2 Å². The minimum Gasteiger partial charge on any atom is -0.394 e. The largest absolute Gasteiger partial charge is 0.394 e. The normalized spacial score (nSPS) is 13.8. The SMILES string of the molecule is C[C@@H](CO)NC(=O)c1cn(COCC[Si](C)(C)C)c2ncc(-c3nn(C)c4cc(F)ccc34)nc12.[2H]C([2H])([2H])OC[C@H](C)NC(=O)c1cn(COCC[Si](C)(C)C)c2ncc(-c3nn(C)c4cc(F)ccc34)nc12. The van der Waals surface area contributed by atoms with Gasteiger partial charge in [0.1, 0.15) is 58.9 Å². The molecule has 0 fully saturated rings. The number of aryl methyl sites for hydroxylation is 2. The standard InChI is InChI=1S/C25H33FN6O3Si.C24H31FN6O3Si/c1-16(14-34-3)28-25(33)19-13-32(15-35-9-10-36(4,5)6)24-23(19)29-20(12-27-24)22-18-8-7-17(26)11-21(18)31(2)30-22;1-15(13-32)27-24(33)18-12-31(14-34-8-9-35(3,4)5)23-22(18)28-19(11-26-23)21-17-7-6-16(25)10-20(17)30(2)29-21/h7-8,11-13,16H,9-10,14-15H2,1-6H3,(H,28,33);6-7,10-12,15,32H,8-9,13-14H2,1-5H3,(H,27,33)/t16-;15-/m00/s1/i3D3;. The van der Waals surface area contributed by atoms with Crippen molar-refractivity contribution in [3.63, 3.8) is 0 Å². The first-order valence-electron chi connectivity index (χ1n) is 24.8. The molecular formula is C49H64F2N12O6Si2. The van der Waals surface area contributed by atoms with Gasteiger partial charge >= 0.3 is 0 Å². The number of rotatable bonds is 19. The highest BCUT2D eigenvalue weighted by molar-refractivity contribution is 6.76. The van der Waals surface area contributed by atoms with Crippen LogP contribution in [-0.4, -0.2) is 127 Å². The molecule has 0 aliphatic carbocycles. The van der Waals surface area contributed by atoms with Crippen molar-refractivity contribution < 1.29 is 41.8 Å². The molecule has 0 bridgehead atoms.